The standard InChI is InChI=1S/C45H54F2N6O13P2S/c1-2-3-4-5-6-7-8-9-22-60-30-16-12-29(13-17-30)44(55)63-31-14-10-28(11-15-31)26-69-67(57)25-32-37(46)34(64-42(32)52-21-19-36(54)51-45(52)56)23-62-68(58,59)66-40-35(24-61-67)65-43(38(40)47)53-27-50-39-33(48)18-20-49-41(39)53/h10-21,27,32,34-35,37-38,40,42-43H,2-9,22-26H2,1H3,(H2,48,49)(H,58,59)(H,51,54,56)/t32-,34-,35-,37+,38-,40-,42-,43-,67?/m1/s1. The number of nitrogen functional groups attached to an aromatic ring is 1. The minimum absolute atomic E-state index is 0.00790. The second-order valence-corrected chi connectivity index (χ2v) is 23.2. The van der Waals surface area contributed by atoms with E-state index >= 15 is 13.3 Å². The minimum Gasteiger partial charge on any atom is -0.494 e. The lowest BCUT2D eigenvalue weighted by molar-refractivity contribution is -0.0523. The van der Waals surface area contributed by atoms with Crippen LogP contribution < -0.4 is 26.5 Å². The number of H-pyrrole nitrogens is 1. The molecule has 2 unspecified atom stereocenters. The zero-order chi connectivity index (χ0) is 48.7. The normalized spacial score (nSPS) is 28.3. The first-order valence-electron chi connectivity index (χ1n) is 22.8. The molecular formula is C45H54F2N6O13P2S. The van der Waals surface area contributed by atoms with Gasteiger partial charge in [0.25, 0.3) is 12.1 Å². The van der Waals surface area contributed by atoms with Gasteiger partial charge in [-0.2, -0.15) is 0 Å². The molecule has 24 heteroatoms. The summed E-state index contributed by atoms with van der Waals surface area (Å²) < 4.78 is 104. The first kappa shape index (κ1) is 50.6. The molecule has 3 aliphatic heterocycles. The minimum atomic E-state index is -5.22. The number of alkyl halides is 2. The average molecular weight is 1020 g/mol. The van der Waals surface area contributed by atoms with E-state index in [4.69, 9.17) is 38.3 Å². The molecule has 0 radical (unpaired) electrons. The van der Waals surface area contributed by atoms with Gasteiger partial charge in [0.05, 0.1) is 37.4 Å². The van der Waals surface area contributed by atoms with Gasteiger partial charge in [0.1, 0.15) is 47.7 Å². The number of aromatic nitrogens is 5. The van der Waals surface area contributed by atoms with Crippen molar-refractivity contribution in [1.29, 1.82) is 0 Å². The topological polar surface area (TPSA) is 248 Å². The van der Waals surface area contributed by atoms with Crippen LogP contribution in [0.15, 0.2) is 89.0 Å². The van der Waals surface area contributed by atoms with E-state index in [1.54, 1.807) is 48.5 Å². The molecule has 10 atom stereocenters. The Hall–Kier alpha value is -4.76. The third kappa shape index (κ3) is 12.4. The highest BCUT2D eigenvalue weighted by atomic mass is 32.7. The lowest BCUT2D eigenvalue weighted by Gasteiger charge is -2.27. The summed E-state index contributed by atoms with van der Waals surface area (Å²) >= 11 is 0.801. The Balaban J connectivity index is 0.966. The third-order valence-electron chi connectivity index (χ3n) is 12.0. The summed E-state index contributed by atoms with van der Waals surface area (Å²) in [4.78, 5) is 59.3. The van der Waals surface area contributed by atoms with E-state index in [2.05, 4.69) is 21.9 Å². The highest BCUT2D eigenvalue weighted by molar-refractivity contribution is 8.56. The first-order chi connectivity index (χ1) is 33.2. The Morgan fingerprint density at radius 2 is 1.57 bits per heavy atom. The zero-order valence-electron chi connectivity index (χ0n) is 37.6. The number of nitrogens with zero attached hydrogens (tertiary/aromatic N) is 4. The van der Waals surface area contributed by atoms with Crippen LogP contribution in [0.25, 0.3) is 11.2 Å². The van der Waals surface area contributed by atoms with Crippen LogP contribution in [0.5, 0.6) is 11.5 Å². The summed E-state index contributed by atoms with van der Waals surface area (Å²) in [7, 11) is -5.22. The maximum atomic E-state index is 16.6. The molecule has 2 aromatic carbocycles. The van der Waals surface area contributed by atoms with Gasteiger partial charge in [0.15, 0.2) is 18.0 Å². The molecule has 6 heterocycles. The van der Waals surface area contributed by atoms with Crippen molar-refractivity contribution >= 4 is 48.6 Å². The molecule has 3 aromatic heterocycles. The Labute approximate surface area is 399 Å². The van der Waals surface area contributed by atoms with Gasteiger partial charge in [0, 0.05) is 36.3 Å². The Morgan fingerprint density at radius 1 is 0.870 bits per heavy atom. The average Bonchev–Trinajstić information content (AvgIpc) is 3.99. The van der Waals surface area contributed by atoms with Crippen molar-refractivity contribution < 1.29 is 60.1 Å². The molecule has 0 aliphatic carbocycles. The Kier molecular flexibility index (Phi) is 16.5. The van der Waals surface area contributed by atoms with E-state index in [1.165, 1.54) is 61.7 Å². The second kappa shape index (κ2) is 22.5. The van der Waals surface area contributed by atoms with Crippen LogP contribution in [0.2, 0.25) is 0 Å². The summed E-state index contributed by atoms with van der Waals surface area (Å²) in [6.45, 7) is -3.02. The number of pyridine rings is 1. The zero-order valence-corrected chi connectivity index (χ0v) is 40.2. The summed E-state index contributed by atoms with van der Waals surface area (Å²) in [6.07, 6.45) is 0.326. The number of imidazole rings is 1. The first-order valence-corrected chi connectivity index (χ1v) is 27.7. The highest BCUT2D eigenvalue weighted by Gasteiger charge is 2.54. The number of ether oxygens (including phenoxy) is 4. The van der Waals surface area contributed by atoms with Gasteiger partial charge in [-0.25, -0.2) is 32.9 Å². The number of benzene rings is 2. The number of fused-ring (bicyclic) bond motifs is 4. The molecule has 4 N–H and O–H groups in total. The van der Waals surface area contributed by atoms with Crippen molar-refractivity contribution in [2.24, 2.45) is 5.92 Å². The Morgan fingerprint density at radius 3 is 2.30 bits per heavy atom. The largest absolute Gasteiger partial charge is 0.494 e. The fourth-order valence-electron chi connectivity index (χ4n) is 8.37. The molecule has 19 nitrogen and oxygen atoms in total. The van der Waals surface area contributed by atoms with Crippen molar-refractivity contribution in [1.82, 2.24) is 24.1 Å². The summed E-state index contributed by atoms with van der Waals surface area (Å²) in [6, 6.07) is 15.6. The molecule has 69 heavy (non-hydrogen) atoms. The number of aromatic amines is 1. The number of unbranched alkanes of at least 4 members (excludes halogenated alkanes) is 7. The van der Waals surface area contributed by atoms with Gasteiger partial charge >= 0.3 is 19.5 Å². The summed E-state index contributed by atoms with van der Waals surface area (Å²) in [5, 5.41) is 0. The number of esters is 1. The van der Waals surface area contributed by atoms with Gasteiger partial charge in [-0.1, -0.05) is 75.4 Å². The number of halogens is 2. The molecule has 5 aromatic rings. The molecule has 0 spiro atoms. The van der Waals surface area contributed by atoms with Crippen LogP contribution in [0.4, 0.5) is 14.5 Å². The van der Waals surface area contributed by atoms with E-state index < -0.39 is 100 Å². The van der Waals surface area contributed by atoms with Crippen molar-refractivity contribution in [2.45, 2.75) is 107 Å². The maximum absolute atomic E-state index is 16.6. The van der Waals surface area contributed by atoms with E-state index in [0.717, 1.165) is 41.1 Å². The van der Waals surface area contributed by atoms with E-state index in [9.17, 15) is 23.8 Å². The predicted octanol–water partition coefficient (Wildman–Crippen LogP) is 8.05. The van der Waals surface area contributed by atoms with Gasteiger partial charge in [-0.15, -0.1) is 0 Å². The predicted molar refractivity (Wildman–Crippen MR) is 251 cm³/mol. The van der Waals surface area contributed by atoms with Crippen LogP contribution >= 0.6 is 25.8 Å². The number of carbonyl (C=O) groups excluding carboxylic acids is 1. The van der Waals surface area contributed by atoms with Crippen molar-refractivity contribution in [3.63, 3.8) is 0 Å². The van der Waals surface area contributed by atoms with Gasteiger partial charge in [-0.3, -0.25) is 32.5 Å². The van der Waals surface area contributed by atoms with Gasteiger partial charge < -0.3 is 34.1 Å². The van der Waals surface area contributed by atoms with Crippen molar-refractivity contribution in [3.8, 4) is 11.5 Å². The molecule has 2 bridgehead atoms. The van der Waals surface area contributed by atoms with E-state index in [1.807, 2.05) is 0 Å². The number of anilines is 1. The fourth-order valence-corrected chi connectivity index (χ4v) is 13.7. The van der Waals surface area contributed by atoms with Gasteiger partial charge in [-0.05, 0) is 54.4 Å². The number of phosphoric ester groups is 1. The molecule has 0 amide bonds. The van der Waals surface area contributed by atoms with Crippen LogP contribution in [0.1, 0.15) is 86.7 Å². The molecule has 3 fully saturated rings. The SMILES string of the molecule is CCCCCCCCCCOc1ccc(C(=O)Oc2ccc(CSP3(=O)C[C@@H]4[C@H](F)[C@@H](COP(=O)(O)O[C@H]5[C@@H](F)[C@H](n6cnc7c(N)ccnc76)O[C@@H]5CO3)O[C@H]4n3ccc(=O)[nH]c3=O)cc2)cc1. The second-order valence-electron chi connectivity index (χ2n) is 17.0. The molecule has 372 valence electrons. The fraction of sp³-hybridized carbons (Fsp3) is 0.489. The molecule has 3 aliphatic rings. The Bertz CT molecular complexity index is 2770. The van der Waals surface area contributed by atoms with Crippen LogP contribution in [-0.4, -0.2) is 91.6 Å². The van der Waals surface area contributed by atoms with Gasteiger partial charge in [0.2, 0.25) is 0 Å². The third-order valence-corrected chi connectivity index (χ3v) is 17.6. The highest BCUT2D eigenvalue weighted by Crippen LogP contribution is 2.64. The maximum Gasteiger partial charge on any atom is 0.472 e. The van der Waals surface area contributed by atoms with Crippen molar-refractivity contribution in [3.05, 3.63) is 111 Å². The van der Waals surface area contributed by atoms with E-state index in [0.29, 0.717) is 23.5 Å². The van der Waals surface area contributed by atoms with Crippen LogP contribution in [0.3, 0.4) is 0 Å². The molecule has 3 saturated heterocycles. The number of rotatable bonds is 17. The van der Waals surface area contributed by atoms with E-state index in [-0.39, 0.29) is 28.4 Å². The smallest absolute Gasteiger partial charge is 0.472 e. The number of nitrogens with one attached hydrogen (secondary N) is 1. The lowest BCUT2D eigenvalue weighted by Crippen LogP contribution is -2.35. The number of phosphoric acid groups is 1. The number of nitrogens with two attached hydrogens (primary N) is 1. The summed E-state index contributed by atoms with van der Waals surface area (Å²) in [5.74, 6) is -1.15. The van der Waals surface area contributed by atoms with Crippen LogP contribution in [0, 0.1) is 5.92 Å². The number of carbonyl (C=O) groups is 1. The lowest BCUT2D eigenvalue weighted by atomic mass is 10.0. The molecule has 0 saturated carbocycles. The summed E-state index contributed by atoms with van der Waals surface area (Å²) in [5.41, 5.74) is 5.86. The quantitative estimate of drug-likeness (QED) is 0.0345. The van der Waals surface area contributed by atoms with Crippen LogP contribution in [-0.2, 0) is 37.9 Å². The molecular weight excluding hydrogens is 965 g/mol. The van der Waals surface area contributed by atoms with Crippen molar-refractivity contribution in [2.75, 3.05) is 31.7 Å². The number of hydrogen-bond acceptors (Lipinski definition) is 16. The number of hydrogen-bond donors (Lipinski definition) is 3. The monoisotopic (exact) mass is 1020 g/mol. The molecule has 8 rings (SSSR count).